The molecule has 0 saturated carbocycles. The van der Waals surface area contributed by atoms with Gasteiger partial charge < -0.3 is 51.5 Å². The number of benzene rings is 2. The second-order valence-corrected chi connectivity index (χ2v) is 15.7. The standard InChI is InChI=1S/C41H59N7O13/c1-22(2)12-10-8-7-9-11-13-33(51)46(5)31(21-49)39(56)43-23(3)37(54)42-20-34(52)47(6)35-26-14-15-32(50)27(19-26)28-16-25(18-30(36(28)53)48(60)61)17-29(41(58)59)45-38(55)24(4)44-40(35)57/h14-16,18-19,22-24,29,31,35,49-50,53,60-61H,7-13,17,20-21H2,1-6H3,(H,42,54)(H,43,56)(H,44,57)(H,45,55)(H,58,59)/p-1/t23-,24+,29?,31-,35?/m1/s1. The van der Waals surface area contributed by atoms with Crippen LogP contribution in [0.1, 0.15) is 89.8 Å². The highest BCUT2D eigenvalue weighted by molar-refractivity contribution is 5.96. The van der Waals surface area contributed by atoms with Crippen LogP contribution in [0.15, 0.2) is 30.3 Å². The second kappa shape index (κ2) is 22.6. The molecule has 1 heterocycles. The molecule has 9 N–H and O–H groups in total. The molecule has 2 aromatic carbocycles. The maximum atomic E-state index is 13.9. The zero-order valence-electron chi connectivity index (χ0n) is 35.3. The van der Waals surface area contributed by atoms with Crippen molar-refractivity contribution in [2.45, 2.75) is 109 Å². The van der Waals surface area contributed by atoms with E-state index in [4.69, 9.17) is 0 Å². The molecule has 1 aliphatic rings. The Kier molecular flexibility index (Phi) is 18.3. The van der Waals surface area contributed by atoms with Gasteiger partial charge in [0.05, 0.1) is 18.8 Å². The van der Waals surface area contributed by atoms with Gasteiger partial charge in [-0.3, -0.25) is 39.2 Å². The summed E-state index contributed by atoms with van der Waals surface area (Å²) in [6.07, 6.45) is 5.50. The first-order valence-electron chi connectivity index (χ1n) is 20.1. The number of aliphatic carboxylic acids is 1. The Morgan fingerprint density at radius 3 is 2.16 bits per heavy atom. The van der Waals surface area contributed by atoms with Crippen molar-refractivity contribution >= 4 is 47.1 Å². The van der Waals surface area contributed by atoms with Crippen LogP contribution >= 0.6 is 0 Å². The first-order chi connectivity index (χ1) is 28.7. The van der Waals surface area contributed by atoms with E-state index in [0.29, 0.717) is 12.3 Å². The summed E-state index contributed by atoms with van der Waals surface area (Å²) in [6.45, 7) is 5.48. The number of hydrogen-bond donors (Lipinski definition) is 9. The Bertz CT molecular complexity index is 1920. The highest BCUT2D eigenvalue weighted by Crippen LogP contribution is 2.41. The maximum absolute atomic E-state index is 13.9. The van der Waals surface area contributed by atoms with Crippen molar-refractivity contribution < 1.29 is 64.4 Å². The first kappa shape index (κ1) is 49.4. The van der Waals surface area contributed by atoms with Gasteiger partial charge in [0, 0.05) is 32.5 Å². The smallest absolute Gasteiger partial charge is 0.326 e. The molecule has 4 bridgehead atoms. The minimum Gasteiger partial charge on any atom is -0.871 e. The highest BCUT2D eigenvalue weighted by Gasteiger charge is 2.34. The maximum Gasteiger partial charge on any atom is 0.326 e. The third-order valence-corrected chi connectivity index (χ3v) is 10.5. The zero-order valence-corrected chi connectivity index (χ0v) is 35.3. The Morgan fingerprint density at radius 1 is 0.885 bits per heavy atom. The number of carboxylic acids is 1. The van der Waals surface area contributed by atoms with Crippen LogP contribution in [0.5, 0.6) is 11.5 Å². The molecule has 0 spiro atoms. The summed E-state index contributed by atoms with van der Waals surface area (Å²) >= 11 is 0. The number of hydrogen-bond acceptors (Lipinski definition) is 13. The predicted molar refractivity (Wildman–Crippen MR) is 217 cm³/mol. The van der Waals surface area contributed by atoms with Gasteiger partial charge in [-0.2, -0.15) is 0 Å². The number of amides is 6. The summed E-state index contributed by atoms with van der Waals surface area (Å²) in [4.78, 5) is 93.8. The number of rotatable bonds is 18. The molecule has 6 amide bonds. The Balaban J connectivity index is 1.80. The average molecular weight is 857 g/mol. The van der Waals surface area contributed by atoms with Crippen LogP contribution in [-0.4, -0.2) is 128 Å². The summed E-state index contributed by atoms with van der Waals surface area (Å²) in [7, 11) is 2.58. The molecular weight excluding hydrogens is 798 g/mol. The number of fused-ring (bicyclic) bond motifs is 5. The fraction of sp³-hybridized carbons (Fsp3) is 0.537. The van der Waals surface area contributed by atoms with Gasteiger partial charge in [0.25, 0.3) is 0 Å². The monoisotopic (exact) mass is 856 g/mol. The van der Waals surface area contributed by atoms with Crippen LogP contribution in [-0.2, 0) is 40.0 Å². The molecule has 336 valence electrons. The normalized spacial score (nSPS) is 17.5. The van der Waals surface area contributed by atoms with Crippen LogP contribution in [0.4, 0.5) is 5.69 Å². The van der Waals surface area contributed by atoms with Crippen molar-refractivity contribution in [3.8, 4) is 22.6 Å². The molecular formula is C41H58N7O13-. The molecule has 2 aromatic rings. The number of nitrogens with zero attached hydrogens (tertiary/aromatic N) is 3. The van der Waals surface area contributed by atoms with Gasteiger partial charge in [-0.05, 0) is 61.1 Å². The molecule has 20 nitrogen and oxygen atoms in total. The minimum atomic E-state index is -1.63. The highest BCUT2D eigenvalue weighted by atomic mass is 16.8. The van der Waals surface area contributed by atoms with Crippen molar-refractivity contribution in [3.05, 3.63) is 41.5 Å². The number of phenols is 1. The van der Waals surface area contributed by atoms with E-state index in [0.717, 1.165) is 54.0 Å². The lowest BCUT2D eigenvalue weighted by molar-refractivity contribution is -0.267. The predicted octanol–water partition coefficient (Wildman–Crippen LogP) is 0.674. The molecule has 0 saturated heterocycles. The van der Waals surface area contributed by atoms with E-state index >= 15 is 0 Å². The first-order valence-corrected chi connectivity index (χ1v) is 20.1. The van der Waals surface area contributed by atoms with Crippen LogP contribution in [0.2, 0.25) is 0 Å². The number of nitrogens with one attached hydrogen (secondary N) is 4. The summed E-state index contributed by atoms with van der Waals surface area (Å²) in [5.41, 5.74) is -1.27. The van der Waals surface area contributed by atoms with Gasteiger partial charge in [0.2, 0.25) is 35.4 Å². The van der Waals surface area contributed by atoms with E-state index in [9.17, 15) is 64.4 Å². The number of carbonyl (C=O) groups is 7. The number of carbonyl (C=O) groups excluding carboxylic acids is 6. The van der Waals surface area contributed by atoms with Gasteiger partial charge in [-0.1, -0.05) is 63.8 Å². The number of aliphatic hydroxyl groups excluding tert-OH is 1. The molecule has 20 heteroatoms. The number of aromatic hydroxyl groups is 1. The van der Waals surface area contributed by atoms with Gasteiger partial charge in [0.1, 0.15) is 36.0 Å². The third kappa shape index (κ3) is 13.5. The van der Waals surface area contributed by atoms with Crippen molar-refractivity contribution in [1.82, 2.24) is 31.1 Å². The summed E-state index contributed by atoms with van der Waals surface area (Å²) in [5.74, 6) is -7.15. The number of anilines is 1. The van der Waals surface area contributed by atoms with Crippen LogP contribution in [0, 0.1) is 5.92 Å². The Morgan fingerprint density at radius 2 is 1.54 bits per heavy atom. The van der Waals surface area contributed by atoms with Crippen LogP contribution in [0.3, 0.4) is 0 Å². The Hall–Kier alpha value is -5.99. The molecule has 0 aliphatic carbocycles. The van der Waals surface area contributed by atoms with Crippen LogP contribution in [0.25, 0.3) is 11.1 Å². The van der Waals surface area contributed by atoms with E-state index < -0.39 is 108 Å². The number of aliphatic hydroxyl groups is 1. The number of carboxylic acid groups (broad SMARTS) is 1. The SMILES string of the molecule is CC(C)CCCCCCCC(=O)N(C)[C@H](CO)C(=O)N[C@H](C)C(=O)NCC(=O)N(C)C1C(=O)N[C@@H](C)C(=O)NC(C(=O)O)Cc2cc(c([O-])c(N(O)O)c2)-c2cc1ccc2O. The van der Waals surface area contributed by atoms with Gasteiger partial charge >= 0.3 is 5.97 Å². The van der Waals surface area contributed by atoms with Gasteiger partial charge in [-0.15, -0.1) is 5.23 Å². The molecule has 0 aromatic heterocycles. The topological polar surface area (TPSA) is 302 Å². The van der Waals surface area contributed by atoms with E-state index in [2.05, 4.69) is 35.1 Å². The Labute approximate surface area is 353 Å². The van der Waals surface area contributed by atoms with Crippen molar-refractivity contribution in [2.75, 3.05) is 32.5 Å². The number of phenolic OH excluding ortho intramolecular Hbond substituents is 1. The quantitative estimate of drug-likeness (QED) is 0.0736. The van der Waals surface area contributed by atoms with Crippen molar-refractivity contribution in [2.24, 2.45) is 5.92 Å². The molecule has 0 fully saturated rings. The molecule has 5 atom stereocenters. The lowest BCUT2D eigenvalue weighted by Gasteiger charge is -2.31. The van der Waals surface area contributed by atoms with Crippen LogP contribution < -0.4 is 31.6 Å². The largest absolute Gasteiger partial charge is 0.871 e. The third-order valence-electron chi connectivity index (χ3n) is 10.5. The summed E-state index contributed by atoms with van der Waals surface area (Å²) in [5, 5.41) is 72.8. The van der Waals surface area contributed by atoms with E-state index in [1.807, 2.05) is 0 Å². The number of likely N-dealkylation sites (N-methyl/N-ethyl adjacent to an activating group) is 2. The molecule has 2 unspecified atom stereocenters. The molecule has 1 aliphatic heterocycles. The minimum absolute atomic E-state index is 0.00672. The van der Waals surface area contributed by atoms with Gasteiger partial charge in [-0.25, -0.2) is 4.79 Å². The van der Waals surface area contributed by atoms with Gasteiger partial charge in [0.15, 0.2) is 0 Å². The van der Waals surface area contributed by atoms with E-state index in [1.54, 1.807) is 0 Å². The fourth-order valence-electron chi connectivity index (χ4n) is 6.77. The summed E-state index contributed by atoms with van der Waals surface area (Å²) in [6, 6.07) is -1.43. The lowest BCUT2D eigenvalue weighted by Crippen LogP contribution is -2.55. The van der Waals surface area contributed by atoms with Crippen molar-refractivity contribution in [3.63, 3.8) is 0 Å². The fourth-order valence-corrected chi connectivity index (χ4v) is 6.77. The van der Waals surface area contributed by atoms with Crippen molar-refractivity contribution in [1.29, 1.82) is 0 Å². The molecule has 3 rings (SSSR count). The zero-order chi connectivity index (χ0) is 45.7. The van der Waals surface area contributed by atoms with E-state index in [-0.39, 0.29) is 34.6 Å². The lowest BCUT2D eigenvalue weighted by atomic mass is 9.93. The molecule has 61 heavy (non-hydrogen) atoms. The summed E-state index contributed by atoms with van der Waals surface area (Å²) < 4.78 is 0. The molecule has 0 radical (unpaired) electrons. The number of unbranched alkanes of at least 4 members (excludes halogenated alkanes) is 4. The second-order valence-electron chi connectivity index (χ2n) is 15.7. The average Bonchev–Trinajstić information content (AvgIpc) is 3.19. The van der Waals surface area contributed by atoms with E-state index in [1.165, 1.54) is 46.1 Å².